The van der Waals surface area contributed by atoms with Crippen molar-refractivity contribution in [3.05, 3.63) is 63.1 Å². The summed E-state index contributed by atoms with van der Waals surface area (Å²) < 4.78 is 0.749. The second-order valence-corrected chi connectivity index (χ2v) is 5.59. The number of benzene rings is 1. The highest BCUT2D eigenvalue weighted by Gasteiger charge is 2.22. The number of aromatic hydroxyl groups is 1. The van der Waals surface area contributed by atoms with Crippen LogP contribution in [0.1, 0.15) is 41.6 Å². The molecule has 0 fully saturated rings. The van der Waals surface area contributed by atoms with Crippen LogP contribution in [-0.4, -0.2) is 15.0 Å². The predicted octanol–water partition coefficient (Wildman–Crippen LogP) is 2.65. The molecule has 2 N–H and O–H groups in total. The molecule has 0 amide bonds. The van der Waals surface area contributed by atoms with E-state index in [2.05, 4.69) is 0 Å². The minimum absolute atomic E-state index is 0.0750. The Bertz CT molecular complexity index is 704. The first-order chi connectivity index (χ1) is 10.2. The summed E-state index contributed by atoms with van der Waals surface area (Å²) in [6, 6.07) is 9.52. The molecule has 0 bridgehead atoms. The lowest BCUT2D eigenvalue weighted by molar-refractivity contribution is 0.162. The van der Waals surface area contributed by atoms with Gasteiger partial charge in [-0.05, 0) is 31.2 Å². The predicted molar refractivity (Wildman–Crippen MR) is 80.1 cm³/mol. The minimum Gasteiger partial charge on any atom is -0.507 e. The van der Waals surface area contributed by atoms with Gasteiger partial charge in [-0.2, -0.15) is 4.73 Å². The highest BCUT2D eigenvalue weighted by Crippen LogP contribution is 2.30. The summed E-state index contributed by atoms with van der Waals surface area (Å²) in [4.78, 5) is 12.3. The molecule has 0 saturated carbocycles. The van der Waals surface area contributed by atoms with Crippen molar-refractivity contribution >= 4 is 0 Å². The van der Waals surface area contributed by atoms with Crippen LogP contribution in [0.5, 0.6) is 5.75 Å². The van der Waals surface area contributed by atoms with Crippen molar-refractivity contribution in [1.82, 2.24) is 4.73 Å². The maximum absolute atomic E-state index is 12.3. The number of rotatable bonds is 2. The van der Waals surface area contributed by atoms with Crippen molar-refractivity contribution in [1.29, 1.82) is 0 Å². The normalized spacial score (nSPS) is 14.5. The molecule has 1 aliphatic rings. The molecule has 1 aromatic heterocycles. The molecule has 0 spiro atoms. The fourth-order valence-electron chi connectivity index (χ4n) is 3.05. The Morgan fingerprint density at radius 1 is 1.05 bits per heavy atom. The van der Waals surface area contributed by atoms with E-state index in [1.165, 1.54) is 0 Å². The summed E-state index contributed by atoms with van der Waals surface area (Å²) in [7, 11) is 0. The lowest BCUT2D eigenvalue weighted by Crippen LogP contribution is -2.27. The largest absolute Gasteiger partial charge is 0.507 e. The first kappa shape index (κ1) is 13.7. The molecule has 21 heavy (non-hydrogen) atoms. The van der Waals surface area contributed by atoms with Gasteiger partial charge in [0.15, 0.2) is 0 Å². The molecule has 0 atom stereocenters. The molecule has 0 aliphatic heterocycles. The molecular formula is C17H19NO3. The van der Waals surface area contributed by atoms with Crippen LogP contribution in [0.4, 0.5) is 0 Å². The van der Waals surface area contributed by atoms with Crippen LogP contribution in [-0.2, 0) is 19.3 Å². The molecule has 1 aliphatic carbocycles. The number of hydrogen-bond acceptors (Lipinski definition) is 3. The maximum Gasteiger partial charge on any atom is 0.290 e. The lowest BCUT2D eigenvalue weighted by atomic mass is 9.99. The molecular weight excluding hydrogens is 266 g/mol. The van der Waals surface area contributed by atoms with Gasteiger partial charge in [0.1, 0.15) is 5.75 Å². The summed E-state index contributed by atoms with van der Waals surface area (Å²) in [5.74, 6) is 0.0750. The second kappa shape index (κ2) is 5.64. The number of aromatic nitrogens is 1. The van der Waals surface area contributed by atoms with Crippen molar-refractivity contribution in [3.8, 4) is 5.75 Å². The van der Waals surface area contributed by atoms with Gasteiger partial charge < -0.3 is 10.3 Å². The monoisotopic (exact) mass is 285 g/mol. The lowest BCUT2D eigenvalue weighted by Gasteiger charge is -2.15. The first-order valence-corrected chi connectivity index (χ1v) is 7.40. The SMILES string of the molecule is O=c1c(Cc2ccccc2)c(O)c2c(n1O)CCCCC2. The van der Waals surface area contributed by atoms with Crippen molar-refractivity contribution < 1.29 is 10.3 Å². The van der Waals surface area contributed by atoms with Gasteiger partial charge >= 0.3 is 0 Å². The van der Waals surface area contributed by atoms with Crippen molar-refractivity contribution in [2.24, 2.45) is 0 Å². The van der Waals surface area contributed by atoms with E-state index < -0.39 is 5.56 Å². The summed E-state index contributed by atoms with van der Waals surface area (Å²) in [5.41, 5.74) is 2.03. The van der Waals surface area contributed by atoms with Gasteiger partial charge in [0.25, 0.3) is 5.56 Å². The Morgan fingerprint density at radius 3 is 2.52 bits per heavy atom. The van der Waals surface area contributed by atoms with E-state index in [-0.39, 0.29) is 11.3 Å². The highest BCUT2D eigenvalue weighted by atomic mass is 16.5. The van der Waals surface area contributed by atoms with Gasteiger partial charge in [-0.3, -0.25) is 4.79 Å². The van der Waals surface area contributed by atoms with Gasteiger partial charge in [0.2, 0.25) is 0 Å². The third-order valence-corrected chi connectivity index (χ3v) is 4.19. The van der Waals surface area contributed by atoms with E-state index in [4.69, 9.17) is 0 Å². The fraction of sp³-hybridized carbons (Fsp3) is 0.353. The Morgan fingerprint density at radius 2 is 1.76 bits per heavy atom. The van der Waals surface area contributed by atoms with Crippen LogP contribution in [0.15, 0.2) is 35.1 Å². The molecule has 4 nitrogen and oxygen atoms in total. The van der Waals surface area contributed by atoms with Gasteiger partial charge in [-0.1, -0.05) is 36.8 Å². The third kappa shape index (κ3) is 2.53. The zero-order valence-corrected chi connectivity index (χ0v) is 11.9. The minimum atomic E-state index is -0.503. The van der Waals surface area contributed by atoms with E-state index in [0.717, 1.165) is 35.1 Å². The van der Waals surface area contributed by atoms with Gasteiger partial charge in [-0.15, -0.1) is 0 Å². The van der Waals surface area contributed by atoms with E-state index in [9.17, 15) is 15.1 Å². The Hall–Kier alpha value is -2.23. The maximum atomic E-state index is 12.3. The summed E-state index contributed by atoms with van der Waals surface area (Å²) >= 11 is 0. The quantitative estimate of drug-likeness (QED) is 0.658. The number of pyridine rings is 1. The van der Waals surface area contributed by atoms with Crippen LogP contribution in [0, 0.1) is 0 Å². The van der Waals surface area contributed by atoms with Crippen molar-refractivity contribution in [2.45, 2.75) is 38.5 Å². The van der Waals surface area contributed by atoms with E-state index in [1.807, 2.05) is 30.3 Å². The van der Waals surface area contributed by atoms with Crippen LogP contribution < -0.4 is 5.56 Å². The standard InChI is InChI=1S/C17H19NO3/c19-16-13-9-5-2-6-10-15(13)18(21)17(20)14(16)11-12-7-3-1-4-8-12/h1,3-4,7-8,19,21H,2,5-6,9-11H2. The van der Waals surface area contributed by atoms with Gasteiger partial charge in [-0.25, -0.2) is 0 Å². The van der Waals surface area contributed by atoms with E-state index in [0.29, 0.717) is 25.0 Å². The molecule has 0 unspecified atom stereocenters. The average Bonchev–Trinajstić information content (AvgIpc) is 2.76. The second-order valence-electron chi connectivity index (χ2n) is 5.59. The van der Waals surface area contributed by atoms with Crippen LogP contribution >= 0.6 is 0 Å². The average molecular weight is 285 g/mol. The van der Waals surface area contributed by atoms with E-state index >= 15 is 0 Å². The van der Waals surface area contributed by atoms with Crippen LogP contribution in [0.2, 0.25) is 0 Å². The molecule has 0 radical (unpaired) electrons. The fourth-order valence-corrected chi connectivity index (χ4v) is 3.05. The van der Waals surface area contributed by atoms with Gasteiger partial charge in [0, 0.05) is 12.0 Å². The molecule has 1 aromatic carbocycles. The molecule has 110 valence electrons. The van der Waals surface area contributed by atoms with Crippen molar-refractivity contribution in [3.63, 3.8) is 0 Å². The smallest absolute Gasteiger partial charge is 0.290 e. The summed E-state index contributed by atoms with van der Waals surface area (Å²) in [6.07, 6.45) is 4.65. The molecule has 3 rings (SSSR count). The topological polar surface area (TPSA) is 62.5 Å². The third-order valence-electron chi connectivity index (χ3n) is 4.19. The zero-order valence-electron chi connectivity index (χ0n) is 11.9. The summed E-state index contributed by atoms with van der Waals surface area (Å²) in [5, 5.41) is 20.6. The molecule has 0 saturated heterocycles. The molecule has 1 heterocycles. The van der Waals surface area contributed by atoms with Crippen LogP contribution in [0.25, 0.3) is 0 Å². The molecule has 4 heteroatoms. The number of fused-ring (bicyclic) bond motifs is 1. The first-order valence-electron chi connectivity index (χ1n) is 7.40. The highest BCUT2D eigenvalue weighted by molar-refractivity contribution is 5.44. The summed E-state index contributed by atoms with van der Waals surface area (Å²) in [6.45, 7) is 0. The van der Waals surface area contributed by atoms with Crippen LogP contribution in [0.3, 0.4) is 0 Å². The number of hydrogen-bond donors (Lipinski definition) is 2. The number of nitrogens with zero attached hydrogens (tertiary/aromatic N) is 1. The van der Waals surface area contributed by atoms with Gasteiger partial charge in [0.05, 0.1) is 11.3 Å². The van der Waals surface area contributed by atoms with Crippen molar-refractivity contribution in [2.75, 3.05) is 0 Å². The Kier molecular flexibility index (Phi) is 3.69. The van der Waals surface area contributed by atoms with E-state index in [1.54, 1.807) is 0 Å². The Labute approximate surface area is 123 Å². The Balaban J connectivity index is 2.11. The molecule has 2 aromatic rings. The zero-order chi connectivity index (χ0) is 14.8.